The standard InChI is InChI=1S/C16H18N4O4/c1-20(2)16(23)24-12-5-3-11(4-6-12)9-13(15(21)22)19-14-7-8-17-10-18-14/h3-8,10,13H,9H2,1-2H3,(H,21,22)(H,17,18,19). The van der Waals surface area contributed by atoms with E-state index >= 15 is 0 Å². The minimum absolute atomic E-state index is 0.251. The molecule has 2 rings (SSSR count). The van der Waals surface area contributed by atoms with E-state index in [0.29, 0.717) is 11.6 Å². The summed E-state index contributed by atoms with van der Waals surface area (Å²) in [6.07, 6.45) is 2.65. The maximum Gasteiger partial charge on any atom is 0.414 e. The molecule has 24 heavy (non-hydrogen) atoms. The number of carboxylic acid groups (broad SMARTS) is 1. The van der Waals surface area contributed by atoms with Crippen molar-refractivity contribution in [1.82, 2.24) is 14.9 Å². The van der Waals surface area contributed by atoms with Crippen LogP contribution < -0.4 is 10.1 Å². The van der Waals surface area contributed by atoms with Crippen LogP contribution >= 0.6 is 0 Å². The lowest BCUT2D eigenvalue weighted by atomic mass is 10.1. The van der Waals surface area contributed by atoms with E-state index in [1.165, 1.54) is 17.4 Å². The Bertz CT molecular complexity index is 689. The van der Waals surface area contributed by atoms with Gasteiger partial charge in [-0.25, -0.2) is 19.6 Å². The van der Waals surface area contributed by atoms with Gasteiger partial charge in [-0.1, -0.05) is 12.1 Å². The van der Waals surface area contributed by atoms with Crippen LogP contribution in [-0.2, 0) is 11.2 Å². The van der Waals surface area contributed by atoms with Crippen LogP contribution in [-0.4, -0.2) is 52.2 Å². The molecule has 0 spiro atoms. The first-order valence-corrected chi connectivity index (χ1v) is 7.19. The van der Waals surface area contributed by atoms with E-state index in [4.69, 9.17) is 4.74 Å². The Morgan fingerprint density at radius 2 is 1.96 bits per heavy atom. The Hall–Kier alpha value is -3.16. The third kappa shape index (κ3) is 4.94. The number of rotatable bonds is 6. The van der Waals surface area contributed by atoms with Gasteiger partial charge >= 0.3 is 12.1 Å². The Balaban J connectivity index is 2.02. The summed E-state index contributed by atoms with van der Waals surface area (Å²) in [5.74, 6) is -0.154. The number of amides is 1. The minimum atomic E-state index is -0.989. The average molecular weight is 330 g/mol. The van der Waals surface area contributed by atoms with Crippen molar-refractivity contribution in [3.8, 4) is 5.75 Å². The Morgan fingerprint density at radius 1 is 1.25 bits per heavy atom. The van der Waals surface area contributed by atoms with Gasteiger partial charge < -0.3 is 20.1 Å². The molecular weight excluding hydrogens is 312 g/mol. The third-order valence-electron chi connectivity index (χ3n) is 3.14. The summed E-state index contributed by atoms with van der Waals surface area (Å²) >= 11 is 0. The predicted molar refractivity (Wildman–Crippen MR) is 86.9 cm³/mol. The molecule has 1 heterocycles. The molecule has 8 heteroatoms. The van der Waals surface area contributed by atoms with Crippen LogP contribution in [0.2, 0.25) is 0 Å². The first-order chi connectivity index (χ1) is 11.5. The molecule has 2 aromatic rings. The summed E-state index contributed by atoms with van der Waals surface area (Å²) in [5, 5.41) is 12.2. The van der Waals surface area contributed by atoms with Crippen molar-refractivity contribution in [3.63, 3.8) is 0 Å². The number of carbonyl (C=O) groups excluding carboxylic acids is 1. The van der Waals surface area contributed by atoms with E-state index < -0.39 is 18.1 Å². The minimum Gasteiger partial charge on any atom is -0.480 e. The molecule has 1 amide bonds. The zero-order chi connectivity index (χ0) is 17.5. The summed E-state index contributed by atoms with van der Waals surface area (Å²) in [6, 6.07) is 7.45. The molecule has 1 aromatic heterocycles. The molecule has 1 unspecified atom stereocenters. The van der Waals surface area contributed by atoms with Gasteiger partial charge in [0.1, 0.15) is 23.9 Å². The van der Waals surface area contributed by atoms with E-state index in [-0.39, 0.29) is 6.42 Å². The van der Waals surface area contributed by atoms with Crippen LogP contribution in [0.1, 0.15) is 5.56 Å². The van der Waals surface area contributed by atoms with Crippen molar-refractivity contribution >= 4 is 17.9 Å². The van der Waals surface area contributed by atoms with Crippen molar-refractivity contribution in [2.75, 3.05) is 19.4 Å². The highest BCUT2D eigenvalue weighted by molar-refractivity contribution is 5.77. The highest BCUT2D eigenvalue weighted by Crippen LogP contribution is 2.15. The van der Waals surface area contributed by atoms with Gasteiger partial charge in [0.2, 0.25) is 0 Å². The highest BCUT2D eigenvalue weighted by Gasteiger charge is 2.18. The van der Waals surface area contributed by atoms with Gasteiger partial charge in [0, 0.05) is 26.7 Å². The Morgan fingerprint density at radius 3 is 2.50 bits per heavy atom. The molecular formula is C16H18N4O4. The molecule has 0 saturated carbocycles. The number of hydrogen-bond acceptors (Lipinski definition) is 6. The smallest absolute Gasteiger partial charge is 0.414 e. The van der Waals surface area contributed by atoms with E-state index in [2.05, 4.69) is 15.3 Å². The van der Waals surface area contributed by atoms with E-state index in [0.717, 1.165) is 5.56 Å². The number of aromatic nitrogens is 2. The van der Waals surface area contributed by atoms with Crippen LogP contribution in [0.5, 0.6) is 5.75 Å². The first kappa shape index (κ1) is 17.2. The fourth-order valence-corrected chi connectivity index (χ4v) is 1.88. The topological polar surface area (TPSA) is 105 Å². The van der Waals surface area contributed by atoms with Crippen LogP contribution in [0.4, 0.5) is 10.6 Å². The summed E-state index contributed by atoms with van der Waals surface area (Å²) in [7, 11) is 3.18. The van der Waals surface area contributed by atoms with E-state index in [1.54, 1.807) is 44.4 Å². The first-order valence-electron chi connectivity index (χ1n) is 7.19. The third-order valence-corrected chi connectivity index (χ3v) is 3.14. The lowest BCUT2D eigenvalue weighted by Gasteiger charge is -2.15. The van der Waals surface area contributed by atoms with Crippen molar-refractivity contribution in [3.05, 3.63) is 48.4 Å². The van der Waals surface area contributed by atoms with Gasteiger partial charge in [0.15, 0.2) is 0 Å². The van der Waals surface area contributed by atoms with Gasteiger partial charge in [-0.2, -0.15) is 0 Å². The number of nitrogens with one attached hydrogen (secondary N) is 1. The van der Waals surface area contributed by atoms with E-state index in [9.17, 15) is 14.7 Å². The van der Waals surface area contributed by atoms with Gasteiger partial charge in [-0.3, -0.25) is 0 Å². The number of hydrogen-bond donors (Lipinski definition) is 2. The maximum atomic E-state index is 11.5. The molecule has 0 radical (unpaired) electrons. The molecule has 0 saturated heterocycles. The maximum absolute atomic E-state index is 11.5. The largest absolute Gasteiger partial charge is 0.480 e. The summed E-state index contributed by atoms with van der Waals surface area (Å²) < 4.78 is 5.12. The molecule has 0 aliphatic rings. The zero-order valence-corrected chi connectivity index (χ0v) is 13.3. The lowest BCUT2D eigenvalue weighted by Crippen LogP contribution is -2.31. The fraction of sp³-hybridized carbons (Fsp3) is 0.250. The van der Waals surface area contributed by atoms with Crippen molar-refractivity contribution in [1.29, 1.82) is 0 Å². The van der Waals surface area contributed by atoms with Gasteiger partial charge in [-0.15, -0.1) is 0 Å². The average Bonchev–Trinajstić information content (AvgIpc) is 2.56. The Kier molecular flexibility index (Phi) is 5.67. The number of carbonyl (C=O) groups is 2. The van der Waals surface area contributed by atoms with Crippen LogP contribution in [0.3, 0.4) is 0 Å². The summed E-state index contributed by atoms with van der Waals surface area (Å²) in [6.45, 7) is 0. The lowest BCUT2D eigenvalue weighted by molar-refractivity contribution is -0.137. The second kappa shape index (κ2) is 7.91. The molecule has 1 atom stereocenters. The SMILES string of the molecule is CN(C)C(=O)Oc1ccc(CC(Nc2ccncn2)C(=O)O)cc1. The molecule has 0 aliphatic carbocycles. The fourth-order valence-electron chi connectivity index (χ4n) is 1.88. The van der Waals surface area contributed by atoms with E-state index in [1.807, 2.05) is 0 Å². The summed E-state index contributed by atoms with van der Waals surface area (Å²) in [5.41, 5.74) is 0.786. The number of benzene rings is 1. The highest BCUT2D eigenvalue weighted by atomic mass is 16.6. The molecule has 2 N–H and O–H groups in total. The van der Waals surface area contributed by atoms with Gasteiger partial charge in [0.25, 0.3) is 0 Å². The summed E-state index contributed by atoms with van der Waals surface area (Å²) in [4.78, 5) is 31.9. The molecule has 1 aromatic carbocycles. The zero-order valence-electron chi connectivity index (χ0n) is 13.3. The number of aliphatic carboxylic acids is 1. The second-order valence-corrected chi connectivity index (χ2v) is 5.24. The number of carboxylic acids is 1. The van der Waals surface area contributed by atoms with Crippen LogP contribution in [0.25, 0.3) is 0 Å². The number of ether oxygens (including phenoxy) is 1. The van der Waals surface area contributed by atoms with Crippen LogP contribution in [0, 0.1) is 0 Å². The molecule has 0 aliphatic heterocycles. The predicted octanol–water partition coefficient (Wildman–Crippen LogP) is 1.64. The van der Waals surface area contributed by atoms with Crippen molar-refractivity contribution in [2.45, 2.75) is 12.5 Å². The number of anilines is 1. The second-order valence-electron chi connectivity index (χ2n) is 5.24. The normalized spacial score (nSPS) is 11.4. The monoisotopic (exact) mass is 330 g/mol. The van der Waals surface area contributed by atoms with Crippen molar-refractivity contribution < 1.29 is 19.4 Å². The van der Waals surface area contributed by atoms with Gasteiger partial charge in [-0.05, 0) is 23.8 Å². The molecule has 126 valence electrons. The van der Waals surface area contributed by atoms with Crippen molar-refractivity contribution in [2.24, 2.45) is 0 Å². The molecule has 0 bridgehead atoms. The number of nitrogens with zero attached hydrogens (tertiary/aromatic N) is 3. The molecule has 0 fully saturated rings. The molecule has 8 nitrogen and oxygen atoms in total. The van der Waals surface area contributed by atoms with Crippen LogP contribution in [0.15, 0.2) is 42.9 Å². The Labute approximate surface area is 139 Å². The quantitative estimate of drug-likeness (QED) is 0.829. The van der Waals surface area contributed by atoms with Gasteiger partial charge in [0.05, 0.1) is 0 Å².